The minimum atomic E-state index is -0.476. The van der Waals surface area contributed by atoms with E-state index in [1.54, 1.807) is 12.3 Å². The van der Waals surface area contributed by atoms with Crippen molar-refractivity contribution in [1.29, 1.82) is 5.26 Å². The number of rotatable bonds is 3. The average Bonchev–Trinajstić information content (AvgIpc) is 3.35. The van der Waals surface area contributed by atoms with Crippen LogP contribution in [0.1, 0.15) is 56.0 Å². The van der Waals surface area contributed by atoms with Crippen LogP contribution in [0.5, 0.6) is 0 Å². The van der Waals surface area contributed by atoms with Gasteiger partial charge in [0.2, 0.25) is 0 Å². The molecule has 1 aliphatic rings. The first-order valence-corrected chi connectivity index (χ1v) is 11.3. The number of nitrogens with zero attached hydrogens (tertiary/aromatic N) is 2. The van der Waals surface area contributed by atoms with Crippen molar-refractivity contribution in [3.63, 3.8) is 0 Å². The molecule has 0 saturated heterocycles. The quantitative estimate of drug-likeness (QED) is 0.288. The highest BCUT2D eigenvalue weighted by molar-refractivity contribution is 6.15. The van der Waals surface area contributed by atoms with Crippen LogP contribution in [0.25, 0.3) is 44.3 Å². The third-order valence-electron chi connectivity index (χ3n) is 6.68. The maximum absolute atomic E-state index is 10.0. The summed E-state index contributed by atoms with van der Waals surface area (Å²) in [7, 11) is 0. The molecule has 5 aromatic rings. The molecule has 0 atom stereocenters. The van der Waals surface area contributed by atoms with E-state index in [9.17, 15) is 5.26 Å². The molecule has 160 valence electrons. The molecule has 2 heterocycles. The monoisotopic (exact) mass is 433 g/mol. The van der Waals surface area contributed by atoms with E-state index in [0.29, 0.717) is 17.1 Å². The van der Waals surface area contributed by atoms with Crippen LogP contribution in [-0.4, -0.2) is 4.98 Å². The number of fused-ring (bicyclic) bond motifs is 3. The smallest absolute Gasteiger partial charge is 0.145 e. The highest BCUT2D eigenvalue weighted by Gasteiger charge is 2.25. The lowest BCUT2D eigenvalue weighted by Gasteiger charge is -2.23. The maximum Gasteiger partial charge on any atom is 0.145 e. The third kappa shape index (κ3) is 3.31. The Morgan fingerprint density at radius 3 is 2.55 bits per heavy atom. The number of hydrogen-bond donors (Lipinski definition) is 0. The molecule has 0 aliphatic heterocycles. The summed E-state index contributed by atoms with van der Waals surface area (Å²) in [6, 6.07) is 13.4. The first-order valence-electron chi connectivity index (χ1n) is 13.8. The highest BCUT2D eigenvalue weighted by Crippen LogP contribution is 2.46. The number of aromatic nitrogens is 1. The van der Waals surface area contributed by atoms with Gasteiger partial charge in [0, 0.05) is 28.1 Å². The van der Waals surface area contributed by atoms with Crippen LogP contribution >= 0.6 is 0 Å². The Bertz CT molecular complexity index is 1740. The molecule has 33 heavy (non-hydrogen) atoms. The molecule has 1 saturated carbocycles. The Hall–Kier alpha value is -3.90. The van der Waals surface area contributed by atoms with Crippen molar-refractivity contribution in [3.8, 4) is 28.5 Å². The predicted octanol–water partition coefficient (Wildman–Crippen LogP) is 8.23. The topological polar surface area (TPSA) is 49.8 Å². The van der Waals surface area contributed by atoms with Gasteiger partial charge in [0.1, 0.15) is 11.2 Å². The first kappa shape index (κ1) is 15.0. The van der Waals surface area contributed by atoms with Crippen molar-refractivity contribution in [2.24, 2.45) is 0 Å². The van der Waals surface area contributed by atoms with Crippen molar-refractivity contribution >= 4 is 21.9 Å². The number of pyridine rings is 1. The SMILES string of the molecule is [2H]c1c([2H])c([2H])c(-c2c(C#N)ccc3c2oc2c(-c4ccccn4)ccc(C4CCCCC4)c23)c([2H])c1[2H]. The summed E-state index contributed by atoms with van der Waals surface area (Å²) in [5, 5.41) is 11.7. The highest BCUT2D eigenvalue weighted by atomic mass is 16.3. The van der Waals surface area contributed by atoms with Gasteiger partial charge in [0.05, 0.1) is 24.2 Å². The molecular weight excluding hydrogens is 404 g/mol. The van der Waals surface area contributed by atoms with E-state index in [2.05, 4.69) is 17.1 Å². The van der Waals surface area contributed by atoms with E-state index in [1.165, 1.54) is 12.0 Å². The van der Waals surface area contributed by atoms with E-state index in [-0.39, 0.29) is 28.8 Å². The van der Waals surface area contributed by atoms with Gasteiger partial charge in [0.25, 0.3) is 0 Å². The van der Waals surface area contributed by atoms with Gasteiger partial charge in [-0.25, -0.2) is 0 Å². The second-order valence-corrected chi connectivity index (χ2v) is 8.54. The van der Waals surface area contributed by atoms with Crippen LogP contribution < -0.4 is 0 Å². The van der Waals surface area contributed by atoms with Crippen molar-refractivity contribution in [3.05, 3.63) is 90.0 Å². The second-order valence-electron chi connectivity index (χ2n) is 8.54. The Labute approximate surface area is 200 Å². The summed E-state index contributed by atoms with van der Waals surface area (Å²) < 4.78 is 48.2. The summed E-state index contributed by atoms with van der Waals surface area (Å²) in [5.74, 6) is 0.365. The van der Waals surface area contributed by atoms with E-state index >= 15 is 0 Å². The molecule has 3 aromatic carbocycles. The van der Waals surface area contributed by atoms with Gasteiger partial charge in [-0.3, -0.25) is 4.98 Å². The minimum absolute atomic E-state index is 0.0317. The number of nitriles is 1. The lowest BCUT2D eigenvalue weighted by Crippen LogP contribution is -2.05. The van der Waals surface area contributed by atoms with Gasteiger partial charge in [-0.1, -0.05) is 61.6 Å². The van der Waals surface area contributed by atoms with Crippen molar-refractivity contribution in [2.45, 2.75) is 38.0 Å². The summed E-state index contributed by atoms with van der Waals surface area (Å²) >= 11 is 0. The Morgan fingerprint density at radius 1 is 0.939 bits per heavy atom. The van der Waals surface area contributed by atoms with Crippen LogP contribution in [-0.2, 0) is 0 Å². The minimum Gasteiger partial charge on any atom is -0.455 e. The van der Waals surface area contributed by atoms with Crippen molar-refractivity contribution in [2.75, 3.05) is 0 Å². The zero-order valence-electron chi connectivity index (χ0n) is 23.0. The van der Waals surface area contributed by atoms with Crippen molar-refractivity contribution in [1.82, 2.24) is 4.98 Å². The van der Waals surface area contributed by atoms with Gasteiger partial charge in [-0.2, -0.15) is 5.26 Å². The largest absolute Gasteiger partial charge is 0.455 e. The fraction of sp³-hybridized carbons (Fsp3) is 0.200. The maximum atomic E-state index is 10.0. The van der Waals surface area contributed by atoms with E-state index in [4.69, 9.17) is 11.3 Å². The second kappa shape index (κ2) is 8.22. The lowest BCUT2D eigenvalue weighted by atomic mass is 9.81. The fourth-order valence-corrected chi connectivity index (χ4v) is 5.16. The molecule has 2 aromatic heterocycles. The Morgan fingerprint density at radius 2 is 1.79 bits per heavy atom. The first-order chi connectivity index (χ1) is 18.4. The molecule has 1 fully saturated rings. The van der Waals surface area contributed by atoms with Crippen LogP contribution in [0.15, 0.2) is 83.3 Å². The molecule has 0 spiro atoms. The van der Waals surface area contributed by atoms with Crippen molar-refractivity contribution < 1.29 is 11.3 Å². The molecule has 0 bridgehead atoms. The van der Waals surface area contributed by atoms with Crippen LogP contribution in [0.4, 0.5) is 0 Å². The van der Waals surface area contributed by atoms with Gasteiger partial charge in [-0.15, -0.1) is 0 Å². The summed E-state index contributed by atoms with van der Waals surface area (Å²) in [6.07, 6.45) is 7.44. The zero-order chi connectivity index (χ0) is 26.6. The van der Waals surface area contributed by atoms with E-state index in [1.807, 2.05) is 30.3 Å². The molecule has 0 amide bonds. The molecular formula is C30H24N2O. The average molecular weight is 434 g/mol. The van der Waals surface area contributed by atoms with Crippen LogP contribution in [0, 0.1) is 11.3 Å². The molecule has 3 nitrogen and oxygen atoms in total. The lowest BCUT2D eigenvalue weighted by molar-refractivity contribution is 0.445. The van der Waals surface area contributed by atoms with Gasteiger partial charge in [-0.05, 0) is 60.2 Å². The molecule has 0 radical (unpaired) electrons. The fourth-order valence-electron chi connectivity index (χ4n) is 5.16. The number of hydrogen-bond acceptors (Lipinski definition) is 3. The van der Waals surface area contributed by atoms with Gasteiger partial charge in [0.15, 0.2) is 0 Å². The number of benzene rings is 3. The van der Waals surface area contributed by atoms with Gasteiger partial charge < -0.3 is 4.42 Å². The van der Waals surface area contributed by atoms with E-state index < -0.39 is 18.1 Å². The van der Waals surface area contributed by atoms with Crippen LogP contribution in [0.2, 0.25) is 0 Å². The summed E-state index contributed by atoms with van der Waals surface area (Å²) in [4.78, 5) is 4.54. The zero-order valence-corrected chi connectivity index (χ0v) is 18.0. The molecule has 0 N–H and O–H groups in total. The molecule has 0 unspecified atom stereocenters. The number of furan rings is 1. The van der Waals surface area contributed by atoms with Crippen LogP contribution in [0.3, 0.4) is 0 Å². The summed E-state index contributed by atoms with van der Waals surface area (Å²) in [5.41, 5.74) is 4.08. The molecule has 3 heteroatoms. The molecule has 1 aliphatic carbocycles. The Kier molecular flexibility index (Phi) is 3.74. The normalized spacial score (nSPS) is 16.6. The standard InChI is InChI=1S/C30H24N2O/c31-19-22-14-15-25-28-23(20-9-3-1-4-10-20)16-17-24(26-13-7-8-18-32-26)29(28)33-30(25)27(22)21-11-5-2-6-12-21/h2,5-8,11-18,20H,1,3-4,9-10H2/i2D,5D,6D,11D,12D. The van der Waals surface area contributed by atoms with E-state index in [0.717, 1.165) is 47.7 Å². The summed E-state index contributed by atoms with van der Waals surface area (Å²) in [6.45, 7) is 0. The van der Waals surface area contributed by atoms with Gasteiger partial charge >= 0.3 is 0 Å². The Balaban J connectivity index is 1.77. The third-order valence-corrected chi connectivity index (χ3v) is 6.68. The predicted molar refractivity (Wildman–Crippen MR) is 133 cm³/mol. The molecule has 6 rings (SSSR count).